The average molecular weight is 435 g/mol. The van der Waals surface area contributed by atoms with Crippen molar-refractivity contribution in [2.24, 2.45) is 0 Å². The number of para-hydroxylation sites is 1. The van der Waals surface area contributed by atoms with Gasteiger partial charge < -0.3 is 19.9 Å². The van der Waals surface area contributed by atoms with Crippen molar-refractivity contribution in [1.29, 1.82) is 0 Å². The lowest BCUT2D eigenvalue weighted by atomic mass is 10.3. The van der Waals surface area contributed by atoms with Gasteiger partial charge in [0, 0.05) is 12.4 Å². The van der Waals surface area contributed by atoms with E-state index in [-0.39, 0.29) is 0 Å². The maximum absolute atomic E-state index is 12.6. The first-order valence-corrected chi connectivity index (χ1v) is 12.0. The van der Waals surface area contributed by atoms with Crippen LogP contribution in [0.2, 0.25) is 5.02 Å². The maximum atomic E-state index is 12.6. The predicted molar refractivity (Wildman–Crippen MR) is 118 cm³/mol. The summed E-state index contributed by atoms with van der Waals surface area (Å²) in [6.45, 7) is 6.64. The third kappa shape index (κ3) is 5.15. The van der Waals surface area contributed by atoms with E-state index in [1.807, 2.05) is 35.9 Å². The van der Waals surface area contributed by atoms with Crippen molar-refractivity contribution in [3.8, 4) is 0 Å². The minimum atomic E-state index is -2.47. The standard InChI is InChI=1S/C19H24ClN6O2P/c1-13-16(12-22-26(13)9-10-28-2)24-19-21-11-14(20)18(25-19)23-15-7-5-6-8-17(15)29(3,4)27/h5-8,11-12H,9-10H2,1-4H3,(H2,21,23,24,25). The summed E-state index contributed by atoms with van der Waals surface area (Å²) in [7, 11) is -0.819. The molecule has 0 bridgehead atoms. The Morgan fingerprint density at radius 1 is 1.17 bits per heavy atom. The average Bonchev–Trinajstić information content (AvgIpc) is 3.02. The van der Waals surface area contributed by atoms with Crippen LogP contribution in [0.25, 0.3) is 0 Å². The second-order valence-corrected chi connectivity index (χ2v) is 10.5. The summed E-state index contributed by atoms with van der Waals surface area (Å²) in [6, 6.07) is 7.42. The molecule has 0 aliphatic heterocycles. The molecular formula is C19H24ClN6O2P. The highest BCUT2D eigenvalue weighted by atomic mass is 35.5. The summed E-state index contributed by atoms with van der Waals surface area (Å²) < 4.78 is 19.5. The van der Waals surface area contributed by atoms with E-state index >= 15 is 0 Å². The van der Waals surface area contributed by atoms with Gasteiger partial charge in [0.25, 0.3) is 0 Å². The van der Waals surface area contributed by atoms with Crippen LogP contribution in [0.3, 0.4) is 0 Å². The van der Waals surface area contributed by atoms with E-state index < -0.39 is 7.14 Å². The van der Waals surface area contributed by atoms with Crippen molar-refractivity contribution in [2.45, 2.75) is 13.5 Å². The summed E-state index contributed by atoms with van der Waals surface area (Å²) >= 11 is 6.29. The number of nitrogens with zero attached hydrogens (tertiary/aromatic N) is 4. The third-order valence-corrected chi connectivity index (χ3v) is 6.17. The van der Waals surface area contributed by atoms with Gasteiger partial charge in [0.05, 0.1) is 42.6 Å². The van der Waals surface area contributed by atoms with Crippen LogP contribution < -0.4 is 15.9 Å². The molecule has 0 aliphatic carbocycles. The first kappa shape index (κ1) is 21.3. The van der Waals surface area contributed by atoms with Crippen LogP contribution >= 0.6 is 18.7 Å². The zero-order valence-corrected chi connectivity index (χ0v) is 18.5. The number of methoxy groups -OCH3 is 1. The van der Waals surface area contributed by atoms with E-state index in [2.05, 4.69) is 25.7 Å². The van der Waals surface area contributed by atoms with Gasteiger partial charge in [-0.1, -0.05) is 23.7 Å². The highest BCUT2D eigenvalue weighted by Gasteiger charge is 2.17. The number of halogens is 1. The van der Waals surface area contributed by atoms with E-state index in [0.717, 1.165) is 16.7 Å². The fraction of sp³-hybridized carbons (Fsp3) is 0.316. The Kier molecular flexibility index (Phi) is 6.57. The lowest BCUT2D eigenvalue weighted by molar-refractivity contribution is 0.183. The van der Waals surface area contributed by atoms with Crippen LogP contribution in [-0.4, -0.2) is 46.8 Å². The van der Waals surface area contributed by atoms with Gasteiger partial charge in [-0.3, -0.25) is 4.68 Å². The summed E-state index contributed by atoms with van der Waals surface area (Å²) in [4.78, 5) is 8.73. The minimum Gasteiger partial charge on any atom is -0.383 e. The van der Waals surface area contributed by atoms with Gasteiger partial charge in [-0.05, 0) is 32.4 Å². The van der Waals surface area contributed by atoms with Crippen LogP contribution in [0.4, 0.5) is 23.1 Å². The van der Waals surface area contributed by atoms with Crippen molar-refractivity contribution in [3.63, 3.8) is 0 Å². The fourth-order valence-corrected chi connectivity index (χ4v) is 4.08. The van der Waals surface area contributed by atoms with Gasteiger partial charge in [-0.15, -0.1) is 0 Å². The SMILES string of the molecule is COCCn1ncc(Nc2ncc(Cl)c(Nc3ccccc3P(C)(C)=O)n2)c1C. The molecule has 0 aliphatic rings. The third-order valence-electron chi connectivity index (χ3n) is 4.34. The van der Waals surface area contributed by atoms with Crippen LogP contribution in [0, 0.1) is 6.92 Å². The first-order valence-electron chi connectivity index (χ1n) is 9.02. The Bertz CT molecular complexity index is 1050. The Hall–Kier alpha value is -2.41. The van der Waals surface area contributed by atoms with Gasteiger partial charge in [-0.25, -0.2) is 4.98 Å². The lowest BCUT2D eigenvalue weighted by Gasteiger charge is -2.15. The number of aromatic nitrogens is 4. The Morgan fingerprint density at radius 2 is 1.93 bits per heavy atom. The van der Waals surface area contributed by atoms with Crippen LogP contribution in [-0.2, 0) is 15.8 Å². The van der Waals surface area contributed by atoms with Crippen molar-refractivity contribution >= 4 is 47.2 Å². The Morgan fingerprint density at radius 3 is 2.66 bits per heavy atom. The molecule has 0 fully saturated rings. The van der Waals surface area contributed by atoms with Gasteiger partial charge in [0.2, 0.25) is 5.95 Å². The van der Waals surface area contributed by atoms with E-state index in [1.165, 1.54) is 6.20 Å². The Labute approximate surface area is 175 Å². The molecule has 0 amide bonds. The van der Waals surface area contributed by atoms with Gasteiger partial charge in [0.1, 0.15) is 12.2 Å². The number of hydrogen-bond acceptors (Lipinski definition) is 7. The molecule has 3 rings (SSSR count). The molecule has 0 saturated carbocycles. The molecule has 0 saturated heterocycles. The molecular weight excluding hydrogens is 411 g/mol. The molecule has 0 spiro atoms. The van der Waals surface area contributed by atoms with Crippen LogP contribution in [0.15, 0.2) is 36.7 Å². The molecule has 0 radical (unpaired) electrons. The fourth-order valence-electron chi connectivity index (χ4n) is 2.78. The van der Waals surface area contributed by atoms with Crippen LogP contribution in [0.1, 0.15) is 5.69 Å². The summed E-state index contributed by atoms with van der Waals surface area (Å²) in [5.74, 6) is 0.800. The number of anilines is 4. The largest absolute Gasteiger partial charge is 0.383 e. The molecule has 0 atom stereocenters. The Balaban J connectivity index is 1.85. The topological polar surface area (TPSA) is 94.0 Å². The molecule has 2 N–H and O–H groups in total. The number of nitrogens with one attached hydrogen (secondary N) is 2. The molecule has 1 aromatic carbocycles. The van der Waals surface area contributed by atoms with Crippen LogP contribution in [0.5, 0.6) is 0 Å². The normalized spacial score (nSPS) is 11.5. The molecule has 8 nitrogen and oxygen atoms in total. The van der Waals surface area contributed by atoms with Crippen molar-refractivity contribution in [1.82, 2.24) is 19.7 Å². The van der Waals surface area contributed by atoms with Crippen molar-refractivity contribution < 1.29 is 9.30 Å². The van der Waals surface area contributed by atoms with Gasteiger partial charge >= 0.3 is 0 Å². The second kappa shape index (κ2) is 8.95. The molecule has 2 aromatic heterocycles. The number of ether oxygens (including phenoxy) is 1. The monoisotopic (exact) mass is 434 g/mol. The summed E-state index contributed by atoms with van der Waals surface area (Å²) in [5, 5.41) is 11.8. The molecule has 154 valence electrons. The van der Waals surface area contributed by atoms with E-state index in [4.69, 9.17) is 16.3 Å². The molecule has 2 heterocycles. The van der Waals surface area contributed by atoms with Crippen molar-refractivity contribution in [3.05, 3.63) is 47.4 Å². The highest BCUT2D eigenvalue weighted by Crippen LogP contribution is 2.38. The summed E-state index contributed by atoms with van der Waals surface area (Å²) in [5.41, 5.74) is 2.44. The van der Waals surface area contributed by atoms with E-state index in [1.54, 1.807) is 26.6 Å². The summed E-state index contributed by atoms with van der Waals surface area (Å²) in [6.07, 6.45) is 3.24. The number of hydrogen-bond donors (Lipinski definition) is 2. The van der Waals surface area contributed by atoms with Crippen molar-refractivity contribution in [2.75, 3.05) is 37.7 Å². The lowest BCUT2D eigenvalue weighted by Crippen LogP contribution is -2.11. The second-order valence-electron chi connectivity index (χ2n) is 6.87. The van der Waals surface area contributed by atoms with Gasteiger partial charge in [-0.2, -0.15) is 10.1 Å². The molecule has 0 unspecified atom stereocenters. The molecule has 3 aromatic rings. The zero-order valence-electron chi connectivity index (χ0n) is 16.8. The number of benzene rings is 1. The first-order chi connectivity index (χ1) is 13.8. The highest BCUT2D eigenvalue weighted by molar-refractivity contribution is 7.70. The predicted octanol–water partition coefficient (Wildman–Crippen LogP) is 4.02. The molecule has 10 heteroatoms. The minimum absolute atomic E-state index is 0.361. The number of rotatable bonds is 8. The van der Waals surface area contributed by atoms with E-state index in [9.17, 15) is 4.57 Å². The molecule has 29 heavy (non-hydrogen) atoms. The smallest absolute Gasteiger partial charge is 0.229 e. The van der Waals surface area contributed by atoms with E-state index in [0.29, 0.717) is 35.6 Å². The maximum Gasteiger partial charge on any atom is 0.229 e. The van der Waals surface area contributed by atoms with Gasteiger partial charge in [0.15, 0.2) is 5.82 Å². The zero-order chi connectivity index (χ0) is 21.0. The quantitative estimate of drug-likeness (QED) is 0.517.